The minimum absolute atomic E-state index is 0.0335. The summed E-state index contributed by atoms with van der Waals surface area (Å²) in [4.78, 5) is 15.6. The Kier molecular flexibility index (Phi) is 6.38. The molecule has 0 radical (unpaired) electrons. The molecular weight excluding hydrogens is 568 g/mol. The zero-order valence-electron chi connectivity index (χ0n) is 14.1. The van der Waals surface area contributed by atoms with E-state index in [0.29, 0.717) is 25.7 Å². The van der Waals surface area contributed by atoms with Gasteiger partial charge in [0.15, 0.2) is 0 Å². The molecule has 3 N–H and O–H groups in total. The van der Waals surface area contributed by atoms with Crippen LogP contribution in [0, 0.1) is 18.5 Å². The topological polar surface area (TPSA) is 88.9 Å². The molecule has 0 aliphatic rings. The maximum atomic E-state index is 12.3. The minimum Gasteiger partial charge on any atom is -0.506 e. The summed E-state index contributed by atoms with van der Waals surface area (Å²) in [7, 11) is 0. The smallest absolute Gasteiger partial charge is 0.261 e. The molecule has 3 rings (SSSR count). The molecule has 3 aromatic rings. The van der Waals surface area contributed by atoms with Crippen LogP contribution in [0.2, 0.25) is 0 Å². The number of aromatic nitrogens is 1. The molecule has 0 atom stereocenters. The summed E-state index contributed by atoms with van der Waals surface area (Å²) in [5, 5.41) is 23.1. The van der Waals surface area contributed by atoms with Crippen molar-refractivity contribution in [1.82, 2.24) is 10.3 Å². The Balaban J connectivity index is 1.68. The lowest BCUT2D eigenvalue weighted by molar-refractivity contribution is -0.117. The first kappa shape index (κ1) is 19.7. The van der Waals surface area contributed by atoms with Crippen LogP contribution in [0.15, 0.2) is 48.2 Å². The van der Waals surface area contributed by atoms with Crippen molar-refractivity contribution < 1.29 is 9.90 Å². The van der Waals surface area contributed by atoms with E-state index >= 15 is 0 Å². The van der Waals surface area contributed by atoms with E-state index in [1.54, 1.807) is 12.1 Å². The molecule has 0 saturated carbocycles. The van der Waals surface area contributed by atoms with E-state index in [1.165, 1.54) is 6.08 Å². The number of benzene rings is 2. The summed E-state index contributed by atoms with van der Waals surface area (Å²) in [6, 6.07) is 13.4. The van der Waals surface area contributed by atoms with Crippen LogP contribution in [-0.2, 0) is 11.2 Å². The highest BCUT2D eigenvalue weighted by atomic mass is 127. The summed E-state index contributed by atoms with van der Waals surface area (Å²) < 4.78 is 1.34. The van der Waals surface area contributed by atoms with Crippen LogP contribution < -0.4 is 5.32 Å². The first-order chi connectivity index (χ1) is 13.0. The lowest BCUT2D eigenvalue weighted by atomic mass is 10.1. The van der Waals surface area contributed by atoms with E-state index in [1.807, 2.05) is 81.7 Å². The largest absolute Gasteiger partial charge is 0.506 e. The van der Waals surface area contributed by atoms with Crippen molar-refractivity contribution in [2.45, 2.75) is 6.42 Å². The summed E-state index contributed by atoms with van der Waals surface area (Å²) in [6.07, 6.45) is 4.15. The zero-order chi connectivity index (χ0) is 19.4. The fourth-order valence-electron chi connectivity index (χ4n) is 2.73. The van der Waals surface area contributed by atoms with Gasteiger partial charge in [0.2, 0.25) is 0 Å². The molecule has 1 aromatic heterocycles. The molecule has 0 unspecified atom stereocenters. The second-order valence-electron chi connectivity index (χ2n) is 5.87. The second kappa shape index (κ2) is 8.75. The highest BCUT2D eigenvalue weighted by Crippen LogP contribution is 2.28. The highest BCUT2D eigenvalue weighted by molar-refractivity contribution is 14.1. The lowest BCUT2D eigenvalue weighted by Crippen LogP contribution is -2.26. The van der Waals surface area contributed by atoms with E-state index in [9.17, 15) is 15.2 Å². The summed E-state index contributed by atoms with van der Waals surface area (Å²) in [6.45, 7) is 0.435. The van der Waals surface area contributed by atoms with Crippen molar-refractivity contribution in [3.05, 3.63) is 66.4 Å². The van der Waals surface area contributed by atoms with Gasteiger partial charge in [0.1, 0.15) is 17.4 Å². The Morgan fingerprint density at radius 1 is 1.26 bits per heavy atom. The number of hydrogen-bond acceptors (Lipinski definition) is 3. The highest BCUT2D eigenvalue weighted by Gasteiger charge is 2.11. The van der Waals surface area contributed by atoms with Crippen LogP contribution in [-0.4, -0.2) is 22.5 Å². The van der Waals surface area contributed by atoms with Crippen LogP contribution in [0.25, 0.3) is 17.0 Å². The molecule has 0 spiro atoms. The minimum atomic E-state index is -0.407. The predicted octanol–water partition coefficient (Wildman–Crippen LogP) is 4.35. The first-order valence-electron chi connectivity index (χ1n) is 8.12. The van der Waals surface area contributed by atoms with Crippen molar-refractivity contribution >= 4 is 68.1 Å². The van der Waals surface area contributed by atoms with Crippen LogP contribution in [0.4, 0.5) is 0 Å². The van der Waals surface area contributed by atoms with Crippen molar-refractivity contribution in [2.75, 3.05) is 6.54 Å². The van der Waals surface area contributed by atoms with Gasteiger partial charge in [-0.2, -0.15) is 5.26 Å². The number of carbonyl (C=O) groups is 1. The van der Waals surface area contributed by atoms with Gasteiger partial charge in [0.05, 0.1) is 7.14 Å². The first-order valence-corrected chi connectivity index (χ1v) is 10.3. The maximum absolute atomic E-state index is 12.3. The number of rotatable bonds is 5. The number of hydrogen-bond donors (Lipinski definition) is 3. The number of nitriles is 1. The zero-order valence-corrected chi connectivity index (χ0v) is 18.4. The summed E-state index contributed by atoms with van der Waals surface area (Å²) in [5.41, 5.74) is 2.92. The molecule has 0 saturated heterocycles. The van der Waals surface area contributed by atoms with Gasteiger partial charge >= 0.3 is 0 Å². The second-order valence-corrected chi connectivity index (χ2v) is 8.19. The standard InChI is InChI=1S/C20H15I2N3O2/c21-16-8-12(9-17(22)19(16)26)7-14(10-23)20(27)24-6-5-13-11-25-18-4-2-1-3-15(13)18/h1-4,7-9,11,25-26H,5-6H2,(H,24,27)/b14-7-. The normalized spacial score (nSPS) is 11.4. The fourth-order valence-corrected chi connectivity index (χ4v) is 4.54. The monoisotopic (exact) mass is 583 g/mol. The molecule has 0 aliphatic carbocycles. The number of nitrogens with one attached hydrogen (secondary N) is 2. The molecule has 27 heavy (non-hydrogen) atoms. The van der Waals surface area contributed by atoms with Gasteiger partial charge in [-0.25, -0.2) is 0 Å². The molecule has 5 nitrogen and oxygen atoms in total. The molecule has 2 aromatic carbocycles. The van der Waals surface area contributed by atoms with E-state index in [2.05, 4.69) is 10.3 Å². The molecule has 0 bridgehead atoms. The van der Waals surface area contributed by atoms with Crippen molar-refractivity contribution in [3.63, 3.8) is 0 Å². The van der Waals surface area contributed by atoms with E-state index in [0.717, 1.165) is 16.5 Å². The van der Waals surface area contributed by atoms with E-state index < -0.39 is 5.91 Å². The Morgan fingerprint density at radius 3 is 2.67 bits per heavy atom. The Labute approximate surface area is 183 Å². The molecule has 0 aliphatic heterocycles. The number of halogens is 2. The molecule has 0 fully saturated rings. The SMILES string of the molecule is N#C/C(=C/c1cc(I)c(O)c(I)c1)C(=O)NCCc1c[nH]c2ccccc12. The summed E-state index contributed by atoms with van der Waals surface area (Å²) in [5.74, 6) is -0.203. The molecule has 136 valence electrons. The Bertz CT molecular complexity index is 1060. The van der Waals surface area contributed by atoms with Crippen molar-refractivity contribution in [1.29, 1.82) is 5.26 Å². The van der Waals surface area contributed by atoms with Gasteiger partial charge in [0.25, 0.3) is 5.91 Å². The van der Waals surface area contributed by atoms with Gasteiger partial charge in [-0.3, -0.25) is 4.79 Å². The maximum Gasteiger partial charge on any atom is 0.261 e. The number of amides is 1. The van der Waals surface area contributed by atoms with Crippen molar-refractivity contribution in [3.8, 4) is 11.8 Å². The molecule has 1 heterocycles. The quantitative estimate of drug-likeness (QED) is 0.237. The predicted molar refractivity (Wildman–Crippen MR) is 122 cm³/mol. The number of carbonyl (C=O) groups excluding carboxylic acids is 1. The number of para-hydroxylation sites is 1. The van der Waals surface area contributed by atoms with Crippen LogP contribution in [0.3, 0.4) is 0 Å². The number of phenolic OH excluding ortho intramolecular Hbond substituents is 1. The summed E-state index contributed by atoms with van der Waals surface area (Å²) >= 11 is 4.03. The third-order valence-electron chi connectivity index (χ3n) is 4.07. The van der Waals surface area contributed by atoms with Crippen LogP contribution >= 0.6 is 45.2 Å². The third-order valence-corrected chi connectivity index (χ3v) is 5.71. The van der Waals surface area contributed by atoms with Crippen LogP contribution in [0.1, 0.15) is 11.1 Å². The van der Waals surface area contributed by atoms with E-state index in [-0.39, 0.29) is 11.3 Å². The van der Waals surface area contributed by atoms with Gasteiger partial charge in [-0.15, -0.1) is 0 Å². The van der Waals surface area contributed by atoms with Crippen LogP contribution in [0.5, 0.6) is 5.75 Å². The number of fused-ring (bicyclic) bond motifs is 1. The number of phenols is 1. The number of nitrogens with zero attached hydrogens (tertiary/aromatic N) is 1. The number of aromatic amines is 1. The van der Waals surface area contributed by atoms with Gasteiger partial charge < -0.3 is 15.4 Å². The fraction of sp³-hybridized carbons (Fsp3) is 0.100. The Hall–Kier alpha value is -2.06. The molecule has 7 heteroatoms. The molecule has 1 amide bonds. The Morgan fingerprint density at radius 2 is 1.96 bits per heavy atom. The average Bonchev–Trinajstić information content (AvgIpc) is 3.07. The number of H-pyrrole nitrogens is 1. The average molecular weight is 583 g/mol. The third kappa shape index (κ3) is 4.62. The van der Waals surface area contributed by atoms with Gasteiger partial charge in [-0.05, 0) is 87.0 Å². The number of aromatic hydroxyl groups is 1. The van der Waals surface area contributed by atoms with Crippen molar-refractivity contribution in [2.24, 2.45) is 0 Å². The van der Waals surface area contributed by atoms with E-state index in [4.69, 9.17) is 0 Å². The van der Waals surface area contributed by atoms with Gasteiger partial charge in [0, 0.05) is 23.6 Å². The lowest BCUT2D eigenvalue weighted by Gasteiger charge is -2.05. The van der Waals surface area contributed by atoms with Gasteiger partial charge in [-0.1, -0.05) is 18.2 Å². The molecular formula is C20H15I2N3O2.